The number of benzene rings is 2. The summed E-state index contributed by atoms with van der Waals surface area (Å²) in [7, 11) is 0. The molecule has 0 aliphatic carbocycles. The number of hydrogen-bond donors (Lipinski definition) is 0. The lowest BCUT2D eigenvalue weighted by atomic mass is 10.1. The fraction of sp³-hybridized carbons (Fsp3) is 0.333. The number of hydrogen-bond acceptors (Lipinski definition) is 2. The second-order valence-corrected chi connectivity index (χ2v) is 5.15. The van der Waals surface area contributed by atoms with Crippen LogP contribution in [0.5, 0.6) is 5.75 Å². The van der Waals surface area contributed by atoms with Crippen molar-refractivity contribution in [2.75, 3.05) is 6.61 Å². The van der Waals surface area contributed by atoms with Crippen LogP contribution in [0.25, 0.3) is 11.1 Å². The van der Waals surface area contributed by atoms with Crippen molar-refractivity contribution < 1.29 is 9.47 Å². The van der Waals surface area contributed by atoms with Crippen LogP contribution >= 0.6 is 0 Å². The molecule has 0 spiro atoms. The molecule has 0 bridgehead atoms. The average molecular weight is 268 g/mol. The van der Waals surface area contributed by atoms with Gasteiger partial charge in [0.25, 0.3) is 0 Å². The van der Waals surface area contributed by atoms with Gasteiger partial charge in [-0.2, -0.15) is 0 Å². The van der Waals surface area contributed by atoms with E-state index in [9.17, 15) is 0 Å². The van der Waals surface area contributed by atoms with Crippen molar-refractivity contribution >= 4 is 0 Å². The molecular formula is C18H20O2. The molecule has 3 rings (SSSR count). The zero-order valence-corrected chi connectivity index (χ0v) is 11.8. The molecule has 104 valence electrons. The minimum atomic E-state index is 0.420. The van der Waals surface area contributed by atoms with Gasteiger partial charge in [0.05, 0.1) is 18.8 Å². The van der Waals surface area contributed by atoms with E-state index in [-0.39, 0.29) is 0 Å². The molecule has 0 radical (unpaired) electrons. The Hall–Kier alpha value is -1.80. The third kappa shape index (κ3) is 3.20. The summed E-state index contributed by atoms with van der Waals surface area (Å²) < 4.78 is 11.3. The Kier molecular flexibility index (Phi) is 4.03. The fourth-order valence-electron chi connectivity index (χ4n) is 2.46. The van der Waals surface area contributed by atoms with Gasteiger partial charge in [-0.1, -0.05) is 49.4 Å². The van der Waals surface area contributed by atoms with E-state index in [1.54, 1.807) is 0 Å². The smallest absolute Gasteiger partial charge is 0.119 e. The van der Waals surface area contributed by atoms with Crippen molar-refractivity contribution in [3.8, 4) is 16.9 Å². The van der Waals surface area contributed by atoms with Crippen LogP contribution in [0.4, 0.5) is 0 Å². The lowest BCUT2D eigenvalue weighted by molar-refractivity contribution is 0.280. The Bertz CT molecular complexity index is 533. The van der Waals surface area contributed by atoms with Crippen molar-refractivity contribution in [2.24, 2.45) is 0 Å². The summed E-state index contributed by atoms with van der Waals surface area (Å²) in [4.78, 5) is 0. The highest BCUT2D eigenvalue weighted by Crippen LogP contribution is 2.28. The highest BCUT2D eigenvalue weighted by Gasteiger charge is 2.36. The predicted molar refractivity (Wildman–Crippen MR) is 80.9 cm³/mol. The summed E-state index contributed by atoms with van der Waals surface area (Å²) in [6, 6.07) is 18.7. The number of rotatable bonds is 6. The Morgan fingerprint density at radius 2 is 1.60 bits per heavy atom. The second-order valence-electron chi connectivity index (χ2n) is 5.15. The van der Waals surface area contributed by atoms with Crippen molar-refractivity contribution in [2.45, 2.75) is 32.0 Å². The maximum Gasteiger partial charge on any atom is 0.119 e. The molecule has 1 aliphatic heterocycles. The third-order valence-electron chi connectivity index (χ3n) is 3.72. The molecule has 0 N–H and O–H groups in total. The summed E-state index contributed by atoms with van der Waals surface area (Å²) in [5.74, 6) is 0.929. The highest BCUT2D eigenvalue weighted by molar-refractivity contribution is 5.63. The van der Waals surface area contributed by atoms with E-state index in [1.165, 1.54) is 11.1 Å². The zero-order chi connectivity index (χ0) is 13.8. The minimum absolute atomic E-state index is 0.420. The Morgan fingerprint density at radius 1 is 0.900 bits per heavy atom. The molecule has 2 aromatic rings. The van der Waals surface area contributed by atoms with Gasteiger partial charge in [0, 0.05) is 6.42 Å². The lowest BCUT2D eigenvalue weighted by Gasteiger charge is -2.06. The maximum atomic E-state index is 5.76. The fourth-order valence-corrected chi connectivity index (χ4v) is 2.46. The van der Waals surface area contributed by atoms with Gasteiger partial charge < -0.3 is 9.47 Å². The van der Waals surface area contributed by atoms with Crippen LogP contribution in [-0.4, -0.2) is 18.8 Å². The normalized spacial score (nSPS) is 20.6. The van der Waals surface area contributed by atoms with E-state index in [0.29, 0.717) is 12.2 Å². The van der Waals surface area contributed by atoms with Gasteiger partial charge in [-0.3, -0.25) is 0 Å². The van der Waals surface area contributed by atoms with Crippen LogP contribution in [0.15, 0.2) is 54.6 Å². The van der Waals surface area contributed by atoms with Crippen LogP contribution in [0.1, 0.15) is 19.8 Å². The first-order valence-electron chi connectivity index (χ1n) is 7.30. The van der Waals surface area contributed by atoms with Gasteiger partial charge in [0.1, 0.15) is 5.75 Å². The molecule has 0 amide bonds. The first-order chi connectivity index (χ1) is 9.86. The predicted octanol–water partition coefficient (Wildman–Crippen LogP) is 4.30. The Labute approximate surface area is 120 Å². The Balaban J connectivity index is 1.52. The van der Waals surface area contributed by atoms with Gasteiger partial charge >= 0.3 is 0 Å². The topological polar surface area (TPSA) is 21.8 Å². The monoisotopic (exact) mass is 268 g/mol. The zero-order valence-electron chi connectivity index (χ0n) is 11.8. The van der Waals surface area contributed by atoms with Crippen LogP contribution in [-0.2, 0) is 4.74 Å². The molecular weight excluding hydrogens is 248 g/mol. The van der Waals surface area contributed by atoms with Crippen molar-refractivity contribution in [1.29, 1.82) is 0 Å². The van der Waals surface area contributed by atoms with E-state index < -0.39 is 0 Å². The summed E-state index contributed by atoms with van der Waals surface area (Å²) in [6.45, 7) is 2.89. The summed E-state index contributed by atoms with van der Waals surface area (Å²) >= 11 is 0. The first kappa shape index (κ1) is 13.2. The average Bonchev–Trinajstić information content (AvgIpc) is 3.27. The van der Waals surface area contributed by atoms with Gasteiger partial charge in [-0.25, -0.2) is 0 Å². The standard InChI is InChI=1S/C18H20O2/c1-2-17-18(20-17)12-13-19-16-10-8-15(9-11-16)14-6-4-3-5-7-14/h3-11,17-18H,2,12-13H2,1H3. The molecule has 1 saturated heterocycles. The van der Waals surface area contributed by atoms with E-state index in [1.807, 2.05) is 18.2 Å². The molecule has 0 saturated carbocycles. The SMILES string of the molecule is CCC1OC1CCOc1ccc(-c2ccccc2)cc1. The van der Waals surface area contributed by atoms with Crippen molar-refractivity contribution in [3.63, 3.8) is 0 Å². The molecule has 2 aromatic carbocycles. The first-order valence-corrected chi connectivity index (χ1v) is 7.30. The van der Waals surface area contributed by atoms with Crippen LogP contribution in [0.2, 0.25) is 0 Å². The molecule has 2 nitrogen and oxygen atoms in total. The van der Waals surface area contributed by atoms with E-state index in [4.69, 9.17) is 9.47 Å². The molecule has 20 heavy (non-hydrogen) atoms. The van der Waals surface area contributed by atoms with Gasteiger partial charge in [-0.05, 0) is 29.7 Å². The Morgan fingerprint density at radius 3 is 2.25 bits per heavy atom. The lowest BCUT2D eigenvalue weighted by Crippen LogP contribution is -2.03. The third-order valence-corrected chi connectivity index (χ3v) is 3.72. The molecule has 0 aromatic heterocycles. The maximum absolute atomic E-state index is 5.76. The van der Waals surface area contributed by atoms with E-state index >= 15 is 0 Å². The van der Waals surface area contributed by atoms with E-state index in [2.05, 4.69) is 43.3 Å². The minimum Gasteiger partial charge on any atom is -0.493 e. The quantitative estimate of drug-likeness (QED) is 0.729. The van der Waals surface area contributed by atoms with E-state index in [0.717, 1.165) is 25.2 Å². The summed E-state index contributed by atoms with van der Waals surface area (Å²) in [5.41, 5.74) is 2.45. The highest BCUT2D eigenvalue weighted by atomic mass is 16.6. The molecule has 2 atom stereocenters. The summed E-state index contributed by atoms with van der Waals surface area (Å²) in [5, 5.41) is 0. The van der Waals surface area contributed by atoms with Crippen molar-refractivity contribution in [1.82, 2.24) is 0 Å². The summed E-state index contributed by atoms with van der Waals surface area (Å²) in [6.07, 6.45) is 2.98. The van der Waals surface area contributed by atoms with Crippen LogP contribution < -0.4 is 4.74 Å². The molecule has 2 unspecified atom stereocenters. The molecule has 1 heterocycles. The van der Waals surface area contributed by atoms with Crippen LogP contribution in [0.3, 0.4) is 0 Å². The van der Waals surface area contributed by atoms with Gasteiger partial charge in [0.2, 0.25) is 0 Å². The largest absolute Gasteiger partial charge is 0.493 e. The number of epoxide rings is 1. The van der Waals surface area contributed by atoms with Gasteiger partial charge in [0.15, 0.2) is 0 Å². The van der Waals surface area contributed by atoms with Crippen LogP contribution in [0, 0.1) is 0 Å². The van der Waals surface area contributed by atoms with Gasteiger partial charge in [-0.15, -0.1) is 0 Å². The van der Waals surface area contributed by atoms with Crippen molar-refractivity contribution in [3.05, 3.63) is 54.6 Å². The molecule has 1 fully saturated rings. The molecule has 2 heteroatoms. The number of ether oxygens (including phenoxy) is 2. The second kappa shape index (κ2) is 6.10. The molecule has 1 aliphatic rings.